The molecular formula is C24H23F2NO4S. The number of methoxy groups -OCH3 is 4. The molecule has 3 aromatic rings. The topological polar surface area (TPSA) is 49.0 Å². The second-order valence-electron chi connectivity index (χ2n) is 6.49. The van der Waals surface area contributed by atoms with E-state index in [0.717, 1.165) is 10.5 Å². The molecule has 0 bridgehead atoms. The zero-order valence-corrected chi connectivity index (χ0v) is 18.9. The van der Waals surface area contributed by atoms with Crippen molar-refractivity contribution in [1.29, 1.82) is 0 Å². The highest BCUT2D eigenvalue weighted by molar-refractivity contribution is 8.00. The van der Waals surface area contributed by atoms with Gasteiger partial charge in [-0.15, -0.1) is 0 Å². The molecule has 0 saturated heterocycles. The Bertz CT molecular complexity index is 1080. The van der Waals surface area contributed by atoms with Gasteiger partial charge >= 0.3 is 0 Å². The highest BCUT2D eigenvalue weighted by Crippen LogP contribution is 2.39. The Morgan fingerprint density at radius 3 is 1.94 bits per heavy atom. The average Bonchev–Trinajstić information content (AvgIpc) is 2.82. The molecule has 0 aromatic heterocycles. The summed E-state index contributed by atoms with van der Waals surface area (Å²) < 4.78 is 52.1. The maximum Gasteiger partial charge on any atom is 0.203 e. The summed E-state index contributed by atoms with van der Waals surface area (Å²) >= 11 is 1.22. The van der Waals surface area contributed by atoms with E-state index in [1.54, 1.807) is 44.6 Å². The molecule has 5 nitrogen and oxygen atoms in total. The van der Waals surface area contributed by atoms with Crippen molar-refractivity contribution in [3.05, 3.63) is 71.3 Å². The van der Waals surface area contributed by atoms with Crippen molar-refractivity contribution in [2.45, 2.75) is 4.90 Å². The number of rotatable bonds is 9. The predicted molar refractivity (Wildman–Crippen MR) is 124 cm³/mol. The lowest BCUT2D eigenvalue weighted by atomic mass is 10.1. The van der Waals surface area contributed by atoms with Gasteiger partial charge in [0.05, 0.1) is 34.1 Å². The SMILES string of the molecule is COc1cc(/C=C\c2ccc(F)c(OC)c2NSc2ccc(F)cc2)cc(OC)c1OC. The summed E-state index contributed by atoms with van der Waals surface area (Å²) in [5.41, 5.74) is 1.93. The fourth-order valence-corrected chi connectivity index (χ4v) is 3.72. The van der Waals surface area contributed by atoms with Gasteiger partial charge in [-0.05, 0) is 66.0 Å². The first-order valence-corrected chi connectivity index (χ1v) is 10.3. The van der Waals surface area contributed by atoms with E-state index in [1.165, 1.54) is 44.4 Å². The molecule has 3 rings (SSSR count). The fourth-order valence-electron chi connectivity index (χ4n) is 3.01. The van der Waals surface area contributed by atoms with E-state index in [1.807, 2.05) is 12.2 Å². The van der Waals surface area contributed by atoms with Gasteiger partial charge in [-0.3, -0.25) is 0 Å². The third-order valence-electron chi connectivity index (χ3n) is 4.57. The van der Waals surface area contributed by atoms with Crippen molar-refractivity contribution in [3.8, 4) is 23.0 Å². The molecule has 3 aromatic carbocycles. The summed E-state index contributed by atoms with van der Waals surface area (Å²) in [5.74, 6) is 0.786. The van der Waals surface area contributed by atoms with Crippen molar-refractivity contribution in [2.24, 2.45) is 0 Å². The number of hydrogen-bond donors (Lipinski definition) is 1. The van der Waals surface area contributed by atoms with Crippen LogP contribution in [0.1, 0.15) is 11.1 Å². The molecule has 0 radical (unpaired) electrons. The van der Waals surface area contributed by atoms with Crippen LogP contribution in [0.2, 0.25) is 0 Å². The van der Waals surface area contributed by atoms with Crippen molar-refractivity contribution in [3.63, 3.8) is 0 Å². The molecule has 168 valence electrons. The number of ether oxygens (including phenoxy) is 4. The van der Waals surface area contributed by atoms with Gasteiger partial charge in [0.2, 0.25) is 5.75 Å². The van der Waals surface area contributed by atoms with Crippen LogP contribution in [0.25, 0.3) is 12.2 Å². The van der Waals surface area contributed by atoms with E-state index in [4.69, 9.17) is 18.9 Å². The first kappa shape index (κ1) is 23.3. The standard InChI is InChI=1S/C24H23F2NO4S/c1-28-20-13-15(14-21(29-2)24(20)31-4)5-6-16-7-12-19(26)23(30-3)22(16)27-32-18-10-8-17(25)9-11-18/h5-14,27H,1-4H3/b6-5-. The van der Waals surface area contributed by atoms with Crippen LogP contribution in [0, 0.1) is 11.6 Å². The first-order chi connectivity index (χ1) is 15.5. The third-order valence-corrected chi connectivity index (χ3v) is 5.39. The van der Waals surface area contributed by atoms with Gasteiger partial charge in [-0.2, -0.15) is 0 Å². The van der Waals surface area contributed by atoms with E-state index < -0.39 is 5.82 Å². The summed E-state index contributed by atoms with van der Waals surface area (Å²) in [4.78, 5) is 0.761. The lowest BCUT2D eigenvalue weighted by molar-refractivity contribution is 0.324. The summed E-state index contributed by atoms with van der Waals surface area (Å²) in [6, 6.07) is 12.6. The number of nitrogens with one attached hydrogen (secondary N) is 1. The van der Waals surface area contributed by atoms with E-state index in [0.29, 0.717) is 28.5 Å². The zero-order chi connectivity index (χ0) is 23.1. The second-order valence-corrected chi connectivity index (χ2v) is 7.37. The van der Waals surface area contributed by atoms with E-state index in [9.17, 15) is 8.78 Å². The van der Waals surface area contributed by atoms with Crippen LogP contribution in [0.4, 0.5) is 14.5 Å². The highest BCUT2D eigenvalue weighted by Gasteiger charge is 2.15. The molecule has 0 fully saturated rings. The number of hydrogen-bond acceptors (Lipinski definition) is 6. The Hall–Kier alpha value is -3.39. The molecule has 8 heteroatoms. The molecule has 0 aliphatic heterocycles. The molecular weight excluding hydrogens is 436 g/mol. The lowest BCUT2D eigenvalue weighted by Crippen LogP contribution is -1.98. The largest absolute Gasteiger partial charge is 0.493 e. The predicted octanol–water partition coefficient (Wildman–Crippen LogP) is 6.29. The Morgan fingerprint density at radius 1 is 0.750 bits per heavy atom. The van der Waals surface area contributed by atoms with Crippen molar-refractivity contribution in [1.82, 2.24) is 0 Å². The highest BCUT2D eigenvalue weighted by atomic mass is 32.2. The Balaban J connectivity index is 1.95. The quantitative estimate of drug-likeness (QED) is 0.300. The summed E-state index contributed by atoms with van der Waals surface area (Å²) in [7, 11) is 6.03. The monoisotopic (exact) mass is 459 g/mol. The van der Waals surface area contributed by atoms with E-state index >= 15 is 0 Å². The molecule has 1 N–H and O–H groups in total. The van der Waals surface area contributed by atoms with Gasteiger partial charge in [-0.1, -0.05) is 12.2 Å². The molecule has 0 saturated carbocycles. The van der Waals surface area contributed by atoms with Crippen LogP contribution in [0.15, 0.2) is 53.4 Å². The Kier molecular flexibility index (Phi) is 7.83. The molecule has 0 aliphatic carbocycles. The zero-order valence-electron chi connectivity index (χ0n) is 18.1. The van der Waals surface area contributed by atoms with Gasteiger partial charge in [0, 0.05) is 10.5 Å². The van der Waals surface area contributed by atoms with Gasteiger partial charge < -0.3 is 23.7 Å². The van der Waals surface area contributed by atoms with Crippen molar-refractivity contribution in [2.75, 3.05) is 33.2 Å². The van der Waals surface area contributed by atoms with Gasteiger partial charge in [0.15, 0.2) is 23.1 Å². The molecule has 0 unspecified atom stereocenters. The van der Waals surface area contributed by atoms with E-state index in [2.05, 4.69) is 4.72 Å². The Labute approximate surface area is 190 Å². The Morgan fingerprint density at radius 2 is 1.38 bits per heavy atom. The maximum atomic E-state index is 14.4. The summed E-state index contributed by atoms with van der Waals surface area (Å²) in [6.07, 6.45) is 3.65. The average molecular weight is 460 g/mol. The third kappa shape index (κ3) is 5.26. The van der Waals surface area contributed by atoms with E-state index in [-0.39, 0.29) is 11.6 Å². The van der Waals surface area contributed by atoms with Gasteiger partial charge in [0.25, 0.3) is 0 Å². The minimum atomic E-state index is -0.500. The fraction of sp³-hybridized carbons (Fsp3) is 0.167. The lowest BCUT2D eigenvalue weighted by Gasteiger charge is -2.15. The van der Waals surface area contributed by atoms with Crippen LogP contribution in [0.3, 0.4) is 0 Å². The number of halogens is 2. The number of benzene rings is 3. The summed E-state index contributed by atoms with van der Waals surface area (Å²) in [5, 5.41) is 0. The minimum Gasteiger partial charge on any atom is -0.493 e. The second kappa shape index (κ2) is 10.8. The normalized spacial score (nSPS) is 10.8. The van der Waals surface area contributed by atoms with Crippen LogP contribution in [-0.4, -0.2) is 28.4 Å². The van der Waals surface area contributed by atoms with Crippen LogP contribution in [0.5, 0.6) is 23.0 Å². The molecule has 0 amide bonds. The van der Waals surface area contributed by atoms with Crippen LogP contribution < -0.4 is 23.7 Å². The maximum absolute atomic E-state index is 14.4. The summed E-state index contributed by atoms with van der Waals surface area (Å²) in [6.45, 7) is 0. The molecule has 0 heterocycles. The smallest absolute Gasteiger partial charge is 0.203 e. The van der Waals surface area contributed by atoms with Gasteiger partial charge in [0.1, 0.15) is 5.82 Å². The van der Waals surface area contributed by atoms with Crippen molar-refractivity contribution < 1.29 is 27.7 Å². The number of anilines is 1. The van der Waals surface area contributed by atoms with Crippen molar-refractivity contribution >= 4 is 29.8 Å². The first-order valence-electron chi connectivity index (χ1n) is 9.53. The molecule has 0 spiro atoms. The molecule has 0 atom stereocenters. The molecule has 0 aliphatic rings. The minimum absolute atomic E-state index is 0.0756. The van der Waals surface area contributed by atoms with Gasteiger partial charge in [-0.25, -0.2) is 8.78 Å². The molecule has 32 heavy (non-hydrogen) atoms. The van der Waals surface area contributed by atoms with Crippen LogP contribution >= 0.6 is 11.9 Å². The van der Waals surface area contributed by atoms with Crippen LogP contribution in [-0.2, 0) is 0 Å².